The van der Waals surface area contributed by atoms with Crippen LogP contribution >= 0.6 is 0 Å². The molecule has 0 bridgehead atoms. The van der Waals surface area contributed by atoms with Crippen molar-refractivity contribution in [3.63, 3.8) is 0 Å². The molecule has 1 amide bonds. The molecule has 0 saturated carbocycles. The first kappa shape index (κ1) is 25.3. The molecule has 7 heteroatoms. The second-order valence-corrected chi connectivity index (χ2v) is 8.21. The molecule has 3 rings (SSSR count). The van der Waals surface area contributed by atoms with Crippen LogP contribution < -0.4 is 9.47 Å². The highest BCUT2D eigenvalue weighted by atomic mass is 16.5. The number of aliphatic hydroxyl groups excluding tert-OH is 1. The molecule has 182 valence electrons. The molecule has 1 aliphatic heterocycles. The number of amides is 1. The van der Waals surface area contributed by atoms with Crippen LogP contribution in [-0.2, 0) is 9.59 Å². The topological polar surface area (TPSA) is 79.3 Å². The van der Waals surface area contributed by atoms with Gasteiger partial charge in [0.25, 0.3) is 11.7 Å². The third-order valence-electron chi connectivity index (χ3n) is 6.27. The van der Waals surface area contributed by atoms with E-state index in [1.54, 1.807) is 42.3 Å². The zero-order chi connectivity index (χ0) is 24.8. The molecule has 7 nitrogen and oxygen atoms in total. The zero-order valence-corrected chi connectivity index (χ0v) is 20.6. The number of hydrogen-bond acceptors (Lipinski definition) is 6. The second-order valence-electron chi connectivity index (χ2n) is 8.21. The van der Waals surface area contributed by atoms with Crippen LogP contribution in [0.1, 0.15) is 43.5 Å². The number of rotatable bonds is 10. The van der Waals surface area contributed by atoms with E-state index in [4.69, 9.17) is 9.47 Å². The molecule has 0 radical (unpaired) electrons. The van der Waals surface area contributed by atoms with Crippen molar-refractivity contribution in [2.24, 2.45) is 0 Å². The van der Waals surface area contributed by atoms with Crippen LogP contribution in [0.4, 0.5) is 0 Å². The van der Waals surface area contributed by atoms with Gasteiger partial charge in [0.05, 0.1) is 25.3 Å². The van der Waals surface area contributed by atoms with Gasteiger partial charge in [0.2, 0.25) is 0 Å². The van der Waals surface area contributed by atoms with E-state index in [0.717, 1.165) is 24.2 Å². The minimum absolute atomic E-state index is 0.0956. The van der Waals surface area contributed by atoms with E-state index in [9.17, 15) is 14.7 Å². The van der Waals surface area contributed by atoms with Gasteiger partial charge < -0.3 is 24.4 Å². The molecule has 2 aromatic carbocycles. The number of aliphatic hydroxyl groups is 1. The normalized spacial score (nSPS) is 17.5. The maximum absolute atomic E-state index is 13.2. The minimum atomic E-state index is -0.687. The highest BCUT2D eigenvalue weighted by Crippen LogP contribution is 2.40. The van der Waals surface area contributed by atoms with Crippen molar-refractivity contribution < 1.29 is 24.2 Å². The van der Waals surface area contributed by atoms with Gasteiger partial charge in [-0.15, -0.1) is 0 Å². The number of ether oxygens (including phenoxy) is 2. The lowest BCUT2D eigenvalue weighted by Crippen LogP contribution is -2.38. The Balaban J connectivity index is 2.09. The van der Waals surface area contributed by atoms with Gasteiger partial charge >= 0.3 is 0 Å². The second kappa shape index (κ2) is 11.2. The molecule has 2 aromatic rings. The lowest BCUT2D eigenvalue weighted by molar-refractivity contribution is -0.140. The summed E-state index contributed by atoms with van der Waals surface area (Å²) in [6.45, 7) is 11.1. The van der Waals surface area contributed by atoms with Crippen molar-refractivity contribution in [3.05, 3.63) is 64.7 Å². The van der Waals surface area contributed by atoms with Crippen LogP contribution in [0.25, 0.3) is 5.76 Å². The van der Waals surface area contributed by atoms with Crippen molar-refractivity contribution >= 4 is 17.4 Å². The van der Waals surface area contributed by atoms with Crippen LogP contribution in [0, 0.1) is 6.92 Å². The number of likely N-dealkylation sites (tertiary alicyclic amines) is 1. The van der Waals surface area contributed by atoms with Gasteiger partial charge in [0.1, 0.15) is 17.3 Å². The largest absolute Gasteiger partial charge is 0.507 e. The number of carbonyl (C=O) groups excluding carboxylic acids is 2. The molecular formula is C27H34N2O5. The molecule has 1 unspecified atom stereocenters. The lowest BCUT2D eigenvalue weighted by atomic mass is 9.94. The van der Waals surface area contributed by atoms with E-state index in [1.165, 1.54) is 0 Å². The van der Waals surface area contributed by atoms with Crippen molar-refractivity contribution in [1.29, 1.82) is 0 Å². The van der Waals surface area contributed by atoms with E-state index in [0.29, 0.717) is 36.8 Å². The first-order valence-corrected chi connectivity index (χ1v) is 11.7. The standard InChI is InChI=1S/C27H34N2O5/c1-6-28(7-2)15-16-29-24(19-9-12-21(33-5)13-10-19)23(26(31)27(29)32)25(30)20-11-14-22(34-8-3)18(4)17-20/h9-14,17,24,30H,6-8,15-16H2,1-5H3. The number of carbonyl (C=O) groups is 2. The van der Waals surface area contributed by atoms with E-state index in [1.807, 2.05) is 26.0 Å². The monoisotopic (exact) mass is 466 g/mol. The summed E-state index contributed by atoms with van der Waals surface area (Å²) in [5.74, 6) is -0.0753. The van der Waals surface area contributed by atoms with Crippen LogP contribution in [0.2, 0.25) is 0 Å². The molecule has 1 aliphatic rings. The average Bonchev–Trinajstić information content (AvgIpc) is 3.10. The summed E-state index contributed by atoms with van der Waals surface area (Å²) in [6.07, 6.45) is 0. The molecule has 1 atom stereocenters. The Labute approximate surface area is 201 Å². The quantitative estimate of drug-likeness (QED) is 0.322. The first-order chi connectivity index (χ1) is 16.4. The minimum Gasteiger partial charge on any atom is -0.507 e. The Hall–Kier alpha value is -3.32. The van der Waals surface area contributed by atoms with Crippen molar-refractivity contribution in [2.45, 2.75) is 33.7 Å². The number of methoxy groups -OCH3 is 1. The number of benzene rings is 2. The summed E-state index contributed by atoms with van der Waals surface area (Å²) in [4.78, 5) is 30.1. The summed E-state index contributed by atoms with van der Waals surface area (Å²) in [7, 11) is 1.58. The zero-order valence-electron chi connectivity index (χ0n) is 20.6. The Bertz CT molecular complexity index is 1060. The number of nitrogens with zero attached hydrogens (tertiary/aromatic N) is 2. The molecular weight excluding hydrogens is 432 g/mol. The Morgan fingerprint density at radius 1 is 1.06 bits per heavy atom. The summed E-state index contributed by atoms with van der Waals surface area (Å²) in [6, 6.07) is 11.8. The number of likely N-dealkylation sites (N-methyl/N-ethyl adjacent to an activating group) is 1. The fourth-order valence-electron chi connectivity index (χ4n) is 4.30. The van der Waals surface area contributed by atoms with Gasteiger partial charge in [0.15, 0.2) is 0 Å². The molecule has 0 aliphatic carbocycles. The van der Waals surface area contributed by atoms with E-state index >= 15 is 0 Å². The van der Waals surface area contributed by atoms with E-state index < -0.39 is 17.7 Å². The van der Waals surface area contributed by atoms with Gasteiger partial charge in [-0.1, -0.05) is 26.0 Å². The SMILES string of the molecule is CCOc1ccc(C(O)=C2C(=O)C(=O)N(CCN(CC)CC)C2c2ccc(OC)cc2)cc1C. The van der Waals surface area contributed by atoms with Crippen LogP contribution in [-0.4, -0.2) is 66.5 Å². The molecule has 34 heavy (non-hydrogen) atoms. The summed E-state index contributed by atoms with van der Waals surface area (Å²) >= 11 is 0. The van der Waals surface area contributed by atoms with Gasteiger partial charge in [-0.25, -0.2) is 0 Å². The number of hydrogen-bond donors (Lipinski definition) is 1. The maximum Gasteiger partial charge on any atom is 0.295 e. The summed E-state index contributed by atoms with van der Waals surface area (Å²) < 4.78 is 10.9. The lowest BCUT2D eigenvalue weighted by Gasteiger charge is -2.28. The first-order valence-electron chi connectivity index (χ1n) is 11.7. The molecule has 1 heterocycles. The van der Waals surface area contributed by atoms with Crippen molar-refractivity contribution in [3.8, 4) is 11.5 Å². The predicted octanol–water partition coefficient (Wildman–Crippen LogP) is 4.17. The van der Waals surface area contributed by atoms with E-state index in [2.05, 4.69) is 18.7 Å². The Morgan fingerprint density at radius 3 is 2.29 bits per heavy atom. The van der Waals surface area contributed by atoms with Gasteiger partial charge in [0, 0.05) is 18.7 Å². The summed E-state index contributed by atoms with van der Waals surface area (Å²) in [5.41, 5.74) is 2.14. The number of ketones is 1. The van der Waals surface area contributed by atoms with E-state index in [-0.39, 0.29) is 11.3 Å². The smallest absolute Gasteiger partial charge is 0.295 e. The summed E-state index contributed by atoms with van der Waals surface area (Å²) in [5, 5.41) is 11.3. The fourth-order valence-corrected chi connectivity index (χ4v) is 4.30. The molecule has 0 aromatic heterocycles. The third kappa shape index (κ3) is 5.09. The van der Waals surface area contributed by atoms with Crippen LogP contribution in [0.5, 0.6) is 11.5 Å². The van der Waals surface area contributed by atoms with Gasteiger partial charge in [-0.05, 0) is 68.4 Å². The van der Waals surface area contributed by atoms with Gasteiger partial charge in [-0.2, -0.15) is 0 Å². The molecule has 0 spiro atoms. The maximum atomic E-state index is 13.2. The Morgan fingerprint density at radius 2 is 1.74 bits per heavy atom. The molecule has 1 N–H and O–H groups in total. The number of aryl methyl sites for hydroxylation is 1. The fraction of sp³-hybridized carbons (Fsp3) is 0.407. The van der Waals surface area contributed by atoms with Crippen LogP contribution in [0.15, 0.2) is 48.0 Å². The van der Waals surface area contributed by atoms with Crippen molar-refractivity contribution in [1.82, 2.24) is 9.80 Å². The molecule has 1 fully saturated rings. The predicted molar refractivity (Wildman–Crippen MR) is 132 cm³/mol. The van der Waals surface area contributed by atoms with Gasteiger partial charge in [-0.3, -0.25) is 9.59 Å². The van der Waals surface area contributed by atoms with Crippen LogP contribution in [0.3, 0.4) is 0 Å². The number of Topliss-reactive ketones (excluding diaryl/α,β-unsaturated/α-hetero) is 1. The third-order valence-corrected chi connectivity index (χ3v) is 6.27. The van der Waals surface area contributed by atoms with Crippen molar-refractivity contribution in [2.75, 3.05) is 39.9 Å². The highest BCUT2D eigenvalue weighted by Gasteiger charge is 2.46. The highest BCUT2D eigenvalue weighted by molar-refractivity contribution is 6.46. The molecule has 1 saturated heterocycles. The Kier molecular flexibility index (Phi) is 8.34. The average molecular weight is 467 g/mol.